The Morgan fingerprint density at radius 3 is 2.18 bits per heavy atom. The summed E-state index contributed by atoms with van der Waals surface area (Å²) in [6.45, 7) is 4.03. The van der Waals surface area contributed by atoms with Gasteiger partial charge in [-0.1, -0.05) is 36.9 Å². The number of aliphatic hydroxyl groups is 1. The summed E-state index contributed by atoms with van der Waals surface area (Å²) in [4.78, 5) is 14.8. The average molecular weight is 449 g/mol. The molecule has 4 nitrogen and oxygen atoms in total. The van der Waals surface area contributed by atoms with E-state index in [0.717, 1.165) is 5.56 Å². The van der Waals surface area contributed by atoms with E-state index in [4.69, 9.17) is 4.74 Å². The lowest BCUT2D eigenvalue weighted by Crippen LogP contribution is -2.55. The quantitative estimate of drug-likeness (QED) is 0.334. The van der Waals surface area contributed by atoms with Crippen molar-refractivity contribution in [3.8, 4) is 5.75 Å². The van der Waals surface area contributed by atoms with Crippen molar-refractivity contribution in [3.63, 3.8) is 0 Å². The van der Waals surface area contributed by atoms with Gasteiger partial charge in [-0.05, 0) is 72.5 Å². The van der Waals surface area contributed by atoms with Gasteiger partial charge < -0.3 is 14.7 Å². The molecule has 0 aromatic heterocycles. The Hall–Kier alpha value is -3.51. The summed E-state index contributed by atoms with van der Waals surface area (Å²) in [5.41, 5.74) is 2.15. The molecule has 0 spiro atoms. The number of benzene rings is 3. The number of anilines is 1. The van der Waals surface area contributed by atoms with Gasteiger partial charge in [0, 0.05) is 5.69 Å². The molecule has 3 aromatic carbocycles. The highest BCUT2D eigenvalue weighted by Gasteiger charge is 2.48. The Labute approximate surface area is 191 Å². The molecule has 0 saturated carbocycles. The van der Waals surface area contributed by atoms with E-state index < -0.39 is 6.10 Å². The van der Waals surface area contributed by atoms with Crippen molar-refractivity contribution in [1.29, 1.82) is 0 Å². The van der Waals surface area contributed by atoms with E-state index in [1.807, 2.05) is 24.3 Å². The molecule has 1 aliphatic rings. The number of hydrogen-bond acceptors (Lipinski definition) is 3. The number of hydrogen-bond donors (Lipinski definition) is 1. The first-order valence-corrected chi connectivity index (χ1v) is 10.8. The van der Waals surface area contributed by atoms with Crippen molar-refractivity contribution >= 4 is 11.6 Å². The molecule has 0 aliphatic carbocycles. The van der Waals surface area contributed by atoms with Gasteiger partial charge in [0.25, 0.3) is 0 Å². The van der Waals surface area contributed by atoms with Crippen molar-refractivity contribution < 1.29 is 23.4 Å². The van der Waals surface area contributed by atoms with Crippen LogP contribution in [0.25, 0.3) is 0 Å². The van der Waals surface area contributed by atoms with E-state index in [1.165, 1.54) is 24.3 Å². The molecule has 1 fully saturated rings. The van der Waals surface area contributed by atoms with Crippen LogP contribution in [-0.4, -0.2) is 17.6 Å². The van der Waals surface area contributed by atoms with Crippen LogP contribution < -0.4 is 9.64 Å². The Balaban J connectivity index is 1.54. The van der Waals surface area contributed by atoms with Gasteiger partial charge in [0.2, 0.25) is 5.91 Å². The van der Waals surface area contributed by atoms with E-state index in [2.05, 4.69) is 6.58 Å². The molecule has 1 amide bonds. The Bertz CT molecular complexity index is 1100. The standard InChI is InChI=1S/C27H25F2NO3/c1-2-17-33-23-13-5-19(6-14-23)26-24(15-16-25(31)18-3-7-20(28)8-4-18)27(32)30(26)22-11-9-21(29)10-12-22/h2-14,24-26,31H,1,15-17H2. The molecule has 1 saturated heterocycles. The van der Waals surface area contributed by atoms with Gasteiger partial charge >= 0.3 is 0 Å². The maximum Gasteiger partial charge on any atom is 0.233 e. The number of rotatable bonds is 9. The van der Waals surface area contributed by atoms with Crippen LogP contribution >= 0.6 is 0 Å². The third kappa shape index (κ3) is 4.96. The molecule has 170 valence electrons. The highest BCUT2D eigenvalue weighted by atomic mass is 19.1. The predicted molar refractivity (Wildman–Crippen MR) is 123 cm³/mol. The second-order valence-corrected chi connectivity index (χ2v) is 8.05. The monoisotopic (exact) mass is 449 g/mol. The molecule has 0 radical (unpaired) electrons. The number of nitrogens with zero attached hydrogens (tertiary/aromatic N) is 1. The van der Waals surface area contributed by atoms with Crippen molar-refractivity contribution in [1.82, 2.24) is 0 Å². The summed E-state index contributed by atoms with van der Waals surface area (Å²) in [5.74, 6) is -0.461. The lowest BCUT2D eigenvalue weighted by Gasteiger charge is -2.48. The zero-order chi connectivity index (χ0) is 23.4. The van der Waals surface area contributed by atoms with Gasteiger partial charge in [0.15, 0.2) is 0 Å². The maximum absolute atomic E-state index is 13.4. The first-order chi connectivity index (χ1) is 16.0. The Kier molecular flexibility index (Phi) is 6.84. The van der Waals surface area contributed by atoms with Crippen LogP contribution in [-0.2, 0) is 4.79 Å². The lowest BCUT2D eigenvalue weighted by atomic mass is 9.78. The van der Waals surface area contributed by atoms with E-state index in [0.29, 0.717) is 36.4 Å². The number of halogens is 2. The molecule has 0 bridgehead atoms. The summed E-state index contributed by atoms with van der Waals surface area (Å²) < 4.78 is 32.2. The first-order valence-electron chi connectivity index (χ1n) is 10.8. The average Bonchev–Trinajstić information content (AvgIpc) is 2.83. The molecule has 6 heteroatoms. The summed E-state index contributed by atoms with van der Waals surface area (Å²) >= 11 is 0. The van der Waals surface area contributed by atoms with Crippen molar-refractivity contribution in [2.75, 3.05) is 11.5 Å². The molecule has 4 rings (SSSR count). The zero-order valence-corrected chi connectivity index (χ0v) is 18.0. The minimum Gasteiger partial charge on any atom is -0.490 e. The van der Waals surface area contributed by atoms with Crippen LogP contribution in [0.4, 0.5) is 14.5 Å². The number of carbonyl (C=O) groups is 1. The maximum atomic E-state index is 13.4. The van der Waals surface area contributed by atoms with Crippen LogP contribution in [0.3, 0.4) is 0 Å². The van der Waals surface area contributed by atoms with E-state index >= 15 is 0 Å². The molecule has 1 N–H and O–H groups in total. The Morgan fingerprint density at radius 1 is 0.970 bits per heavy atom. The largest absolute Gasteiger partial charge is 0.490 e. The molecule has 1 aliphatic heterocycles. The van der Waals surface area contributed by atoms with Gasteiger partial charge in [0.05, 0.1) is 18.1 Å². The first kappa shape index (κ1) is 22.7. The fraction of sp³-hybridized carbons (Fsp3) is 0.222. The number of ether oxygens (including phenoxy) is 1. The molecular weight excluding hydrogens is 424 g/mol. The summed E-state index contributed by atoms with van der Waals surface area (Å²) in [5, 5.41) is 10.5. The molecular formula is C27H25F2NO3. The van der Waals surface area contributed by atoms with Gasteiger partial charge in [-0.25, -0.2) is 8.78 Å². The van der Waals surface area contributed by atoms with Crippen molar-refractivity contribution in [2.45, 2.75) is 25.0 Å². The number of aliphatic hydroxyl groups excluding tert-OH is 1. The van der Waals surface area contributed by atoms with E-state index in [-0.39, 0.29) is 29.5 Å². The van der Waals surface area contributed by atoms with E-state index in [1.54, 1.807) is 35.2 Å². The highest BCUT2D eigenvalue weighted by Crippen LogP contribution is 2.46. The number of β-lactam (4-membered cyclic amide) rings is 1. The summed E-state index contributed by atoms with van der Waals surface area (Å²) in [6, 6.07) is 18.8. The smallest absolute Gasteiger partial charge is 0.233 e. The molecule has 3 atom stereocenters. The SMILES string of the molecule is C=CCOc1ccc(C2C(CCC(O)c3ccc(F)cc3)C(=O)N2c2ccc(F)cc2)cc1. The summed E-state index contributed by atoms with van der Waals surface area (Å²) in [6.07, 6.45) is 1.68. The predicted octanol–water partition coefficient (Wildman–Crippen LogP) is 5.75. The fourth-order valence-corrected chi connectivity index (χ4v) is 4.21. The van der Waals surface area contributed by atoms with Crippen molar-refractivity contribution in [3.05, 3.63) is 108 Å². The molecule has 1 heterocycles. The van der Waals surface area contributed by atoms with Crippen LogP contribution in [0.15, 0.2) is 85.5 Å². The van der Waals surface area contributed by atoms with Crippen LogP contribution in [0.1, 0.15) is 36.1 Å². The highest BCUT2D eigenvalue weighted by molar-refractivity contribution is 6.03. The van der Waals surface area contributed by atoms with Crippen LogP contribution in [0.2, 0.25) is 0 Å². The normalized spacial score (nSPS) is 18.5. The second-order valence-electron chi connectivity index (χ2n) is 8.05. The van der Waals surface area contributed by atoms with Crippen LogP contribution in [0, 0.1) is 17.6 Å². The minimum atomic E-state index is -0.798. The molecule has 33 heavy (non-hydrogen) atoms. The van der Waals surface area contributed by atoms with Gasteiger partial charge in [-0.3, -0.25) is 4.79 Å². The second kappa shape index (κ2) is 9.96. The molecule has 3 aromatic rings. The third-order valence-corrected chi connectivity index (χ3v) is 5.91. The van der Waals surface area contributed by atoms with E-state index in [9.17, 15) is 18.7 Å². The van der Waals surface area contributed by atoms with Crippen LogP contribution in [0.5, 0.6) is 5.75 Å². The number of amides is 1. The van der Waals surface area contributed by atoms with Gasteiger partial charge in [-0.15, -0.1) is 0 Å². The topological polar surface area (TPSA) is 49.8 Å². The fourth-order valence-electron chi connectivity index (χ4n) is 4.21. The zero-order valence-electron chi connectivity index (χ0n) is 18.0. The molecule has 3 unspecified atom stereocenters. The number of carbonyl (C=O) groups excluding carboxylic acids is 1. The van der Waals surface area contributed by atoms with Crippen molar-refractivity contribution in [2.24, 2.45) is 5.92 Å². The third-order valence-electron chi connectivity index (χ3n) is 5.91. The summed E-state index contributed by atoms with van der Waals surface area (Å²) in [7, 11) is 0. The van der Waals surface area contributed by atoms with Gasteiger partial charge in [-0.2, -0.15) is 0 Å². The Morgan fingerprint density at radius 2 is 1.58 bits per heavy atom. The van der Waals surface area contributed by atoms with Gasteiger partial charge in [0.1, 0.15) is 24.0 Å². The minimum absolute atomic E-state index is 0.0788. The lowest BCUT2D eigenvalue weighted by molar-refractivity contribution is -0.131.